The fourth-order valence-corrected chi connectivity index (χ4v) is 0.385. The molecule has 94 valence electrons. The first-order chi connectivity index (χ1) is 6.41. The smallest absolute Gasteiger partial charge is 0.0187 e. The number of rotatable bonds is 0. The van der Waals surface area contributed by atoms with Crippen LogP contribution in [-0.2, 0) is 0 Å². The molecule has 0 aliphatic rings. The molecule has 0 fully saturated rings. The van der Waals surface area contributed by atoms with Gasteiger partial charge in [0.1, 0.15) is 0 Å². The van der Waals surface area contributed by atoms with Gasteiger partial charge < -0.3 is 0 Å². The van der Waals surface area contributed by atoms with Gasteiger partial charge in [-0.25, -0.2) is 0 Å². The Morgan fingerprint density at radius 2 is 0.600 bits per heavy atom. The molecule has 0 aliphatic heterocycles. The van der Waals surface area contributed by atoms with Crippen LogP contribution in [0.25, 0.3) is 0 Å². The predicted molar refractivity (Wildman–Crippen MR) is 82.0 cm³/mol. The van der Waals surface area contributed by atoms with Crippen molar-refractivity contribution in [1.82, 2.24) is 0 Å². The Hall–Kier alpha value is -0.430. The van der Waals surface area contributed by atoms with Gasteiger partial charge >= 0.3 is 0 Å². The molecule has 0 heterocycles. The largest absolute Gasteiger partial charge is 0.169 e. The number of thioether (sulfide) groups is 1. The molecule has 0 saturated heterocycles. The quantitative estimate of drug-likeness (QED) is 0.529. The van der Waals surface area contributed by atoms with Gasteiger partial charge in [-0.15, -0.1) is 0 Å². The van der Waals surface area contributed by atoms with Crippen LogP contribution in [0.15, 0.2) is 36.4 Å². The van der Waals surface area contributed by atoms with Gasteiger partial charge in [-0.3, -0.25) is 0 Å². The Morgan fingerprint density at radius 1 is 0.533 bits per heavy atom. The Kier molecular flexibility index (Phi) is 97.0. The molecule has 0 bridgehead atoms. The van der Waals surface area contributed by atoms with Crippen LogP contribution in [-0.4, -0.2) is 12.5 Å². The summed E-state index contributed by atoms with van der Waals surface area (Å²) in [6, 6.07) is 12.0. The molecule has 0 aromatic heterocycles. The summed E-state index contributed by atoms with van der Waals surface area (Å²) in [5.74, 6) is 0. The molecule has 0 radical (unpaired) electrons. The van der Waals surface area contributed by atoms with Gasteiger partial charge in [0.05, 0.1) is 0 Å². The van der Waals surface area contributed by atoms with Crippen molar-refractivity contribution < 1.29 is 0 Å². The highest BCUT2D eigenvalue weighted by Crippen LogP contribution is 1.79. The minimum absolute atomic E-state index is 0. The van der Waals surface area contributed by atoms with Crippen molar-refractivity contribution in [1.29, 1.82) is 0 Å². The molecule has 0 spiro atoms. The van der Waals surface area contributed by atoms with E-state index in [4.69, 9.17) is 0 Å². The third-order valence-corrected chi connectivity index (χ3v) is 0.667. The summed E-state index contributed by atoms with van der Waals surface area (Å²) < 4.78 is 0. The van der Waals surface area contributed by atoms with E-state index in [0.29, 0.717) is 0 Å². The first kappa shape index (κ1) is 29.3. The topological polar surface area (TPSA) is 0 Å². The van der Waals surface area contributed by atoms with Crippen molar-refractivity contribution in [2.75, 3.05) is 12.5 Å². The van der Waals surface area contributed by atoms with Gasteiger partial charge in [0.15, 0.2) is 0 Å². The fraction of sp³-hybridized carbons (Fsp3) is 0.571. The highest BCUT2D eigenvalue weighted by atomic mass is 32.2. The normalized spacial score (nSPS) is 5.20. The molecule has 1 aromatic carbocycles. The predicted octanol–water partition coefficient (Wildman–Crippen LogP) is 5.99. The van der Waals surface area contributed by atoms with Gasteiger partial charge in [-0.1, -0.05) is 78.9 Å². The molecule has 1 rings (SSSR count). The maximum absolute atomic E-state index is 2.04. The average molecular weight is 232 g/mol. The van der Waals surface area contributed by atoms with Crippen molar-refractivity contribution in [2.45, 2.75) is 42.5 Å². The van der Waals surface area contributed by atoms with E-state index in [0.717, 1.165) is 0 Å². The minimum atomic E-state index is 0. The summed E-state index contributed by atoms with van der Waals surface area (Å²) in [7, 11) is 0. The first-order valence-corrected chi connectivity index (χ1v) is 6.45. The van der Waals surface area contributed by atoms with Crippen LogP contribution in [0.1, 0.15) is 42.5 Å². The van der Waals surface area contributed by atoms with E-state index in [1.807, 2.05) is 76.6 Å². The van der Waals surface area contributed by atoms with Crippen LogP contribution in [0.2, 0.25) is 0 Å². The lowest BCUT2D eigenvalue weighted by Gasteiger charge is -1.69. The number of hydrogen-bond acceptors (Lipinski definition) is 1. The highest BCUT2D eigenvalue weighted by Gasteiger charge is 1.57. The summed E-state index contributed by atoms with van der Waals surface area (Å²) in [6.07, 6.45) is 4.08. The molecule has 0 unspecified atom stereocenters. The zero-order valence-electron chi connectivity index (χ0n) is 9.87. The zero-order valence-corrected chi connectivity index (χ0v) is 10.7. The SMILES string of the molecule is C.C.CC.CC.CSC.c1ccccc1. The van der Waals surface area contributed by atoms with E-state index in [1.54, 1.807) is 11.8 Å². The summed E-state index contributed by atoms with van der Waals surface area (Å²) >= 11 is 1.75. The molecular weight excluding hydrogens is 200 g/mol. The zero-order chi connectivity index (χ0) is 10.9. The lowest BCUT2D eigenvalue weighted by atomic mass is 10.4. The van der Waals surface area contributed by atoms with Gasteiger partial charge in [0.25, 0.3) is 0 Å². The molecule has 1 heteroatoms. The molecule has 0 atom stereocenters. The van der Waals surface area contributed by atoms with E-state index in [9.17, 15) is 0 Å². The van der Waals surface area contributed by atoms with Gasteiger partial charge in [-0.2, -0.15) is 11.8 Å². The van der Waals surface area contributed by atoms with Crippen LogP contribution < -0.4 is 0 Å². The van der Waals surface area contributed by atoms with Gasteiger partial charge in [-0.05, 0) is 12.5 Å². The second-order valence-corrected chi connectivity index (χ2v) is 2.38. The summed E-state index contributed by atoms with van der Waals surface area (Å²) in [6.45, 7) is 8.00. The standard InChI is InChI=1S/C6H6.C2H6S.2C2H6.2CH4/c1-2-4-6-5-3-1;1-3-2;2*1-2;;/h1-6H;1-2H3;2*1-2H3;2*1H4. The monoisotopic (exact) mass is 232 g/mol. The molecule has 0 nitrogen and oxygen atoms in total. The van der Waals surface area contributed by atoms with Crippen molar-refractivity contribution in [3.63, 3.8) is 0 Å². The van der Waals surface area contributed by atoms with E-state index in [-0.39, 0.29) is 14.9 Å². The highest BCUT2D eigenvalue weighted by molar-refractivity contribution is 7.97. The molecule has 1 aromatic rings. The molecule has 0 amide bonds. The van der Waals surface area contributed by atoms with E-state index >= 15 is 0 Å². The van der Waals surface area contributed by atoms with E-state index in [1.165, 1.54) is 0 Å². The van der Waals surface area contributed by atoms with Crippen molar-refractivity contribution >= 4 is 11.8 Å². The second-order valence-electron chi connectivity index (χ2n) is 1.56. The fourth-order valence-electron chi connectivity index (χ4n) is 0.385. The Balaban J connectivity index is -0.0000000329. The molecule has 15 heavy (non-hydrogen) atoms. The van der Waals surface area contributed by atoms with Crippen LogP contribution in [0.3, 0.4) is 0 Å². The lowest BCUT2D eigenvalue weighted by molar-refractivity contribution is 1.50. The molecule has 0 aliphatic carbocycles. The van der Waals surface area contributed by atoms with Crippen LogP contribution >= 0.6 is 11.8 Å². The number of benzene rings is 1. The van der Waals surface area contributed by atoms with Gasteiger partial charge in [0.2, 0.25) is 0 Å². The third kappa shape index (κ3) is 58.6. The summed E-state index contributed by atoms with van der Waals surface area (Å²) in [5, 5.41) is 0. The summed E-state index contributed by atoms with van der Waals surface area (Å²) in [4.78, 5) is 0. The van der Waals surface area contributed by atoms with Crippen LogP contribution in [0.4, 0.5) is 0 Å². The van der Waals surface area contributed by atoms with E-state index in [2.05, 4.69) is 0 Å². The van der Waals surface area contributed by atoms with E-state index < -0.39 is 0 Å². The van der Waals surface area contributed by atoms with Gasteiger partial charge in [0, 0.05) is 0 Å². The maximum atomic E-state index is 2.04. The molecule has 0 saturated carbocycles. The van der Waals surface area contributed by atoms with Crippen LogP contribution in [0, 0.1) is 0 Å². The van der Waals surface area contributed by atoms with Crippen molar-refractivity contribution in [3.8, 4) is 0 Å². The Labute approximate surface area is 104 Å². The first-order valence-electron chi connectivity index (χ1n) is 4.82. The van der Waals surface area contributed by atoms with Crippen molar-refractivity contribution in [2.24, 2.45) is 0 Å². The van der Waals surface area contributed by atoms with Crippen molar-refractivity contribution in [3.05, 3.63) is 36.4 Å². The summed E-state index contributed by atoms with van der Waals surface area (Å²) in [5.41, 5.74) is 0. The second kappa shape index (κ2) is 49.7. The molecule has 0 N–H and O–H groups in total. The molecular formula is C14H32S. The minimum Gasteiger partial charge on any atom is -0.169 e. The Bertz CT molecular complexity index is 88.2. The van der Waals surface area contributed by atoms with Crippen LogP contribution in [0.5, 0.6) is 0 Å². The maximum Gasteiger partial charge on any atom is -0.0187 e. The lowest BCUT2D eigenvalue weighted by Crippen LogP contribution is -1.47. The third-order valence-electron chi connectivity index (χ3n) is 0.667. The Morgan fingerprint density at radius 3 is 0.667 bits per heavy atom. The number of hydrogen-bond donors (Lipinski definition) is 0. The average Bonchev–Trinajstić information content (AvgIpc) is 2.27.